The van der Waals surface area contributed by atoms with E-state index in [-0.39, 0.29) is 11.9 Å². The molecule has 1 aromatic heterocycles. The fourth-order valence-corrected chi connectivity index (χ4v) is 4.03. The number of nitrogens with one attached hydrogen (secondary N) is 1. The van der Waals surface area contributed by atoms with Gasteiger partial charge in [-0.05, 0) is 31.0 Å². The number of anilines is 1. The molecule has 1 fully saturated rings. The number of carbonyl (C=O) groups is 1. The van der Waals surface area contributed by atoms with Crippen LogP contribution in [0.4, 0.5) is 5.82 Å². The quantitative estimate of drug-likeness (QED) is 0.676. The van der Waals surface area contributed by atoms with Crippen molar-refractivity contribution in [1.29, 1.82) is 0 Å². The summed E-state index contributed by atoms with van der Waals surface area (Å²) in [6.07, 6.45) is 1.02. The van der Waals surface area contributed by atoms with Gasteiger partial charge in [-0.1, -0.05) is 65.8 Å². The summed E-state index contributed by atoms with van der Waals surface area (Å²) < 4.78 is 5.10. The molecule has 1 amide bonds. The van der Waals surface area contributed by atoms with Gasteiger partial charge in [-0.2, -0.15) is 0 Å². The molecule has 156 valence electrons. The van der Waals surface area contributed by atoms with Crippen molar-refractivity contribution in [2.45, 2.75) is 25.9 Å². The van der Waals surface area contributed by atoms with Gasteiger partial charge in [0, 0.05) is 32.2 Å². The van der Waals surface area contributed by atoms with E-state index in [2.05, 4.69) is 44.5 Å². The Morgan fingerprint density at radius 3 is 2.47 bits per heavy atom. The molecule has 0 bridgehead atoms. The Kier molecular flexibility index (Phi) is 6.57. The predicted octanol–water partition coefficient (Wildman–Crippen LogP) is 3.87. The highest BCUT2D eigenvalue weighted by atomic mass is 16.5. The molecule has 1 N–H and O–H groups in total. The van der Waals surface area contributed by atoms with Crippen LogP contribution in [0.5, 0.6) is 0 Å². The van der Waals surface area contributed by atoms with Crippen molar-refractivity contribution in [2.75, 3.05) is 31.5 Å². The number of aryl methyl sites for hydroxylation is 1. The molecule has 1 saturated heterocycles. The number of amides is 1. The third-order valence-electron chi connectivity index (χ3n) is 5.48. The van der Waals surface area contributed by atoms with E-state index in [1.54, 1.807) is 6.07 Å². The Bertz CT molecular complexity index is 942. The molecule has 6 nitrogen and oxygen atoms in total. The molecule has 2 aromatic carbocycles. The Hall–Kier alpha value is -2.96. The summed E-state index contributed by atoms with van der Waals surface area (Å²) in [5.41, 5.74) is 2.32. The SMILES string of the molecule is Cc1cc(NC(=O)C(c2ccccc2)N2CCCN(Cc3ccccc3)CC2)no1. The van der Waals surface area contributed by atoms with Crippen molar-refractivity contribution in [2.24, 2.45) is 0 Å². The second-order valence-corrected chi connectivity index (χ2v) is 7.78. The van der Waals surface area contributed by atoms with Crippen LogP contribution >= 0.6 is 0 Å². The van der Waals surface area contributed by atoms with Gasteiger partial charge in [-0.25, -0.2) is 0 Å². The van der Waals surface area contributed by atoms with Crippen LogP contribution in [0.3, 0.4) is 0 Å². The molecule has 1 aliphatic heterocycles. The highest BCUT2D eigenvalue weighted by Gasteiger charge is 2.29. The number of nitrogens with zero attached hydrogens (tertiary/aromatic N) is 3. The molecule has 4 rings (SSSR count). The third kappa shape index (κ3) is 5.14. The second-order valence-electron chi connectivity index (χ2n) is 7.78. The smallest absolute Gasteiger partial charge is 0.247 e. The topological polar surface area (TPSA) is 61.6 Å². The summed E-state index contributed by atoms with van der Waals surface area (Å²) in [6, 6.07) is 21.9. The fourth-order valence-electron chi connectivity index (χ4n) is 4.03. The van der Waals surface area contributed by atoms with Crippen molar-refractivity contribution < 1.29 is 9.32 Å². The van der Waals surface area contributed by atoms with E-state index in [4.69, 9.17) is 4.52 Å². The van der Waals surface area contributed by atoms with Crippen LogP contribution in [-0.4, -0.2) is 47.0 Å². The monoisotopic (exact) mass is 404 g/mol. The number of benzene rings is 2. The second kappa shape index (κ2) is 9.69. The van der Waals surface area contributed by atoms with Crippen LogP contribution in [-0.2, 0) is 11.3 Å². The van der Waals surface area contributed by atoms with E-state index >= 15 is 0 Å². The number of hydrogen-bond acceptors (Lipinski definition) is 5. The summed E-state index contributed by atoms with van der Waals surface area (Å²) in [7, 11) is 0. The van der Waals surface area contributed by atoms with Crippen molar-refractivity contribution >= 4 is 11.7 Å². The number of carbonyl (C=O) groups excluding carboxylic acids is 1. The fraction of sp³-hybridized carbons (Fsp3) is 0.333. The molecule has 1 unspecified atom stereocenters. The Morgan fingerprint density at radius 2 is 1.77 bits per heavy atom. The van der Waals surface area contributed by atoms with Crippen LogP contribution in [0.2, 0.25) is 0 Å². The molecular formula is C24H28N4O2. The van der Waals surface area contributed by atoms with Gasteiger partial charge in [-0.15, -0.1) is 0 Å². The molecule has 0 radical (unpaired) electrons. The molecule has 1 atom stereocenters. The summed E-state index contributed by atoms with van der Waals surface area (Å²) in [4.78, 5) is 18.0. The summed E-state index contributed by atoms with van der Waals surface area (Å²) in [5, 5.41) is 6.85. The third-order valence-corrected chi connectivity index (χ3v) is 5.48. The largest absolute Gasteiger partial charge is 0.360 e. The van der Waals surface area contributed by atoms with Gasteiger partial charge in [-0.3, -0.25) is 14.6 Å². The minimum absolute atomic E-state index is 0.0778. The maximum Gasteiger partial charge on any atom is 0.247 e. The first-order valence-electron chi connectivity index (χ1n) is 10.5. The molecular weight excluding hydrogens is 376 g/mol. The highest BCUT2D eigenvalue weighted by Crippen LogP contribution is 2.24. The molecule has 0 spiro atoms. The molecule has 6 heteroatoms. The van der Waals surface area contributed by atoms with Gasteiger partial charge in [0.05, 0.1) is 0 Å². The number of rotatable bonds is 6. The zero-order valence-corrected chi connectivity index (χ0v) is 17.3. The average molecular weight is 405 g/mol. The van der Waals surface area contributed by atoms with Gasteiger partial charge in [0.1, 0.15) is 11.8 Å². The summed E-state index contributed by atoms with van der Waals surface area (Å²) in [6.45, 7) is 6.40. The zero-order chi connectivity index (χ0) is 20.8. The number of aromatic nitrogens is 1. The van der Waals surface area contributed by atoms with Gasteiger partial charge >= 0.3 is 0 Å². The lowest BCUT2D eigenvalue weighted by Crippen LogP contribution is -2.39. The normalized spacial score (nSPS) is 16.7. The first-order chi connectivity index (χ1) is 14.7. The maximum atomic E-state index is 13.3. The molecule has 2 heterocycles. The highest BCUT2D eigenvalue weighted by molar-refractivity contribution is 5.94. The van der Waals surface area contributed by atoms with Crippen molar-refractivity contribution in [3.63, 3.8) is 0 Å². The maximum absolute atomic E-state index is 13.3. The van der Waals surface area contributed by atoms with Crippen LogP contribution in [0.1, 0.15) is 29.3 Å². The van der Waals surface area contributed by atoms with Crippen molar-refractivity contribution in [3.05, 3.63) is 83.6 Å². The van der Waals surface area contributed by atoms with Crippen LogP contribution in [0.15, 0.2) is 71.3 Å². The summed E-state index contributed by atoms with van der Waals surface area (Å²) >= 11 is 0. The minimum atomic E-state index is -0.361. The molecule has 1 aliphatic rings. The van der Waals surface area contributed by atoms with E-state index in [0.717, 1.165) is 44.7 Å². The first kappa shape index (κ1) is 20.3. The van der Waals surface area contributed by atoms with E-state index in [1.807, 2.05) is 43.3 Å². The van der Waals surface area contributed by atoms with Crippen molar-refractivity contribution in [1.82, 2.24) is 15.0 Å². The zero-order valence-electron chi connectivity index (χ0n) is 17.3. The Balaban J connectivity index is 1.48. The Morgan fingerprint density at radius 1 is 1.03 bits per heavy atom. The van der Waals surface area contributed by atoms with Gasteiger partial charge in [0.15, 0.2) is 5.82 Å². The molecule has 30 heavy (non-hydrogen) atoms. The predicted molar refractivity (Wildman–Crippen MR) is 117 cm³/mol. The lowest BCUT2D eigenvalue weighted by Gasteiger charge is -2.30. The summed E-state index contributed by atoms with van der Waals surface area (Å²) in [5.74, 6) is 1.05. The van der Waals surface area contributed by atoms with Gasteiger partial charge in [0.25, 0.3) is 0 Å². The van der Waals surface area contributed by atoms with Crippen LogP contribution < -0.4 is 5.32 Å². The van der Waals surface area contributed by atoms with Gasteiger partial charge < -0.3 is 9.84 Å². The van der Waals surface area contributed by atoms with Crippen LogP contribution in [0.25, 0.3) is 0 Å². The van der Waals surface area contributed by atoms with E-state index in [0.29, 0.717) is 11.6 Å². The Labute approximate surface area is 177 Å². The molecule has 3 aromatic rings. The first-order valence-corrected chi connectivity index (χ1v) is 10.5. The van der Waals surface area contributed by atoms with Crippen molar-refractivity contribution in [3.8, 4) is 0 Å². The minimum Gasteiger partial charge on any atom is -0.360 e. The standard InChI is InChI=1S/C24H28N4O2/c1-19-17-22(26-30-19)25-24(29)23(21-11-6-3-7-12-21)28-14-8-13-27(15-16-28)18-20-9-4-2-5-10-20/h2-7,9-12,17,23H,8,13-16,18H2,1H3,(H,25,26,29). The van der Waals surface area contributed by atoms with E-state index < -0.39 is 0 Å². The lowest BCUT2D eigenvalue weighted by molar-refractivity contribution is -0.121. The van der Waals surface area contributed by atoms with E-state index in [9.17, 15) is 4.79 Å². The van der Waals surface area contributed by atoms with Crippen LogP contribution in [0, 0.1) is 6.92 Å². The number of hydrogen-bond donors (Lipinski definition) is 1. The average Bonchev–Trinajstić information content (AvgIpc) is 3.03. The van der Waals surface area contributed by atoms with E-state index in [1.165, 1.54) is 5.56 Å². The lowest BCUT2D eigenvalue weighted by atomic mass is 10.0. The molecule has 0 aliphatic carbocycles. The van der Waals surface area contributed by atoms with Gasteiger partial charge in [0.2, 0.25) is 5.91 Å². The molecule has 0 saturated carbocycles.